The van der Waals surface area contributed by atoms with Crippen LogP contribution in [0, 0.1) is 0 Å². The fraction of sp³-hybridized carbons (Fsp3) is 0.889. The third kappa shape index (κ3) is 32.8. The van der Waals surface area contributed by atoms with E-state index in [0.717, 1.165) is 46.3 Å². The molecule has 0 aromatic heterocycles. The molecule has 0 spiro atoms. The molecule has 0 atom stereocenters. The highest BCUT2D eigenvalue weighted by atomic mass is 33.1. The second-order valence-electron chi connectivity index (χ2n) is 5.31. The first-order chi connectivity index (χ1) is 12.6. The van der Waals surface area contributed by atoms with Gasteiger partial charge >= 0.3 is 0 Å². The second-order valence-corrected chi connectivity index (χ2v) is 8.70. The minimum Gasteiger partial charge on any atom is -0.479 e. The van der Waals surface area contributed by atoms with Crippen molar-refractivity contribution in [1.29, 1.82) is 0 Å². The first-order valence-corrected chi connectivity index (χ1v) is 13.8. The zero-order valence-corrected chi connectivity index (χ0v) is 21.9. The van der Waals surface area contributed by atoms with Gasteiger partial charge in [-0.3, -0.25) is 0 Å². The quantitative estimate of drug-likeness (QED) is 0.127. The summed E-state index contributed by atoms with van der Waals surface area (Å²) in [5.41, 5.74) is 0. The maximum absolute atomic E-state index is 5.32. The Morgan fingerprint density at radius 1 is 0.654 bits per heavy atom. The van der Waals surface area contributed by atoms with Crippen molar-refractivity contribution in [2.45, 2.75) is 79.1 Å². The van der Waals surface area contributed by atoms with Crippen LogP contribution in [-0.4, -0.2) is 33.5 Å². The van der Waals surface area contributed by atoms with Crippen LogP contribution in [0.1, 0.15) is 79.1 Å². The highest BCUT2D eigenvalue weighted by Crippen LogP contribution is 2.10. The zero-order valence-electron chi connectivity index (χ0n) is 16.8. The summed E-state index contributed by atoms with van der Waals surface area (Å²) in [6.07, 6.45) is 9.45. The van der Waals surface area contributed by atoms with Crippen LogP contribution in [0.15, 0.2) is 0 Å². The van der Waals surface area contributed by atoms with E-state index < -0.39 is 0 Å². The first-order valence-electron chi connectivity index (χ1n) is 9.41. The lowest BCUT2D eigenvalue weighted by Crippen LogP contribution is -1.99. The Bertz CT molecular complexity index is 239. The number of thiol groups is 2. The van der Waals surface area contributed by atoms with Gasteiger partial charge in [0.25, 0.3) is 0 Å². The lowest BCUT2D eigenvalue weighted by Gasteiger charge is -2.04. The zero-order chi connectivity index (χ0) is 20.5. The van der Waals surface area contributed by atoms with Crippen molar-refractivity contribution in [3.63, 3.8) is 0 Å². The predicted molar refractivity (Wildman–Crippen MR) is 140 cm³/mol. The lowest BCUT2D eigenvalue weighted by molar-refractivity contribution is 0.313. The van der Waals surface area contributed by atoms with E-state index in [1.165, 1.54) is 38.5 Å². The lowest BCUT2D eigenvalue weighted by atomic mass is 10.4. The van der Waals surface area contributed by atoms with Gasteiger partial charge in [0, 0.05) is 11.5 Å². The van der Waals surface area contributed by atoms with Gasteiger partial charge in [0.2, 0.25) is 8.77 Å². The maximum atomic E-state index is 5.32. The Hall–Kier alpha value is 1.18. The molecule has 8 heteroatoms. The Labute approximate surface area is 192 Å². The fourth-order valence-corrected chi connectivity index (χ4v) is 3.48. The van der Waals surface area contributed by atoms with Gasteiger partial charge in [-0.25, -0.2) is 0 Å². The SMILES string of the molecule is CCCCOC(=S)SCCCC.CCCCOC(=S)SCCCC.SS. The number of thioether (sulfide) groups is 2. The third-order valence-electron chi connectivity index (χ3n) is 2.87. The third-order valence-corrected chi connectivity index (χ3v) is 5.51. The molecule has 0 rings (SSSR count). The molecule has 2 nitrogen and oxygen atoms in total. The number of ether oxygens (including phenoxy) is 2. The van der Waals surface area contributed by atoms with Gasteiger partial charge in [-0.05, 0) is 50.1 Å². The molecule has 0 radical (unpaired) electrons. The largest absolute Gasteiger partial charge is 0.479 e. The molecule has 0 aliphatic rings. The summed E-state index contributed by atoms with van der Waals surface area (Å²) in [7, 11) is 0. The molecule has 0 aliphatic heterocycles. The van der Waals surface area contributed by atoms with E-state index in [2.05, 4.69) is 51.0 Å². The summed E-state index contributed by atoms with van der Waals surface area (Å²) in [5, 5.41) is 0. The van der Waals surface area contributed by atoms with Crippen molar-refractivity contribution in [1.82, 2.24) is 0 Å². The summed E-state index contributed by atoms with van der Waals surface area (Å²) in [6, 6.07) is 0. The molecule has 0 saturated carbocycles. The van der Waals surface area contributed by atoms with Crippen molar-refractivity contribution in [3.05, 3.63) is 0 Å². The average molecular weight is 479 g/mol. The topological polar surface area (TPSA) is 18.5 Å². The van der Waals surface area contributed by atoms with Crippen LogP contribution in [0.5, 0.6) is 0 Å². The summed E-state index contributed by atoms with van der Waals surface area (Å²) < 4.78 is 12.1. The maximum Gasteiger partial charge on any atom is 0.219 e. The highest BCUT2D eigenvalue weighted by Gasteiger charge is 1.97. The van der Waals surface area contributed by atoms with Gasteiger partial charge < -0.3 is 9.47 Å². The minimum atomic E-state index is 0.719. The number of unbranched alkanes of at least 4 members (excludes halogenated alkanes) is 4. The first kappa shape index (κ1) is 31.9. The Morgan fingerprint density at radius 2 is 0.962 bits per heavy atom. The smallest absolute Gasteiger partial charge is 0.219 e. The number of thiocarbonyl (C=S) groups is 2. The molecule has 0 bridgehead atoms. The van der Waals surface area contributed by atoms with Crippen molar-refractivity contribution in [2.24, 2.45) is 0 Å². The van der Waals surface area contributed by atoms with Gasteiger partial charge in [-0.1, -0.05) is 76.9 Å². The number of rotatable bonds is 12. The Kier molecular flexibility index (Phi) is 37.9. The van der Waals surface area contributed by atoms with E-state index in [1.54, 1.807) is 23.5 Å². The normalized spacial score (nSPS) is 9.31. The Morgan fingerprint density at radius 3 is 1.23 bits per heavy atom. The number of hydrogen-bond donors (Lipinski definition) is 2. The molecule has 0 heterocycles. The standard InChI is InChI=1S/2C9H18OS2.H2S2/c2*1-3-5-7-10-9(11)12-8-6-4-2;1-2/h2*3-8H2,1-2H3;1-2H. The molecule has 0 amide bonds. The van der Waals surface area contributed by atoms with E-state index in [9.17, 15) is 0 Å². The summed E-state index contributed by atoms with van der Waals surface area (Å²) in [4.78, 5) is 0. The molecular weight excluding hydrogens is 441 g/mol. The summed E-state index contributed by atoms with van der Waals surface area (Å²) in [6.45, 7) is 10.2. The van der Waals surface area contributed by atoms with Crippen LogP contribution in [0.2, 0.25) is 0 Å². The van der Waals surface area contributed by atoms with E-state index >= 15 is 0 Å². The van der Waals surface area contributed by atoms with E-state index in [-0.39, 0.29) is 0 Å². The molecule has 0 fully saturated rings. The van der Waals surface area contributed by atoms with Crippen LogP contribution in [-0.2, 0) is 9.47 Å². The van der Waals surface area contributed by atoms with Gasteiger partial charge in [0.15, 0.2) is 0 Å². The van der Waals surface area contributed by atoms with Crippen LogP contribution in [0.3, 0.4) is 0 Å². The van der Waals surface area contributed by atoms with E-state index in [1.807, 2.05) is 0 Å². The van der Waals surface area contributed by atoms with Gasteiger partial charge in [0.05, 0.1) is 13.2 Å². The molecule has 0 N–H and O–H groups in total. The van der Waals surface area contributed by atoms with E-state index in [4.69, 9.17) is 33.9 Å². The van der Waals surface area contributed by atoms with Crippen LogP contribution in [0.4, 0.5) is 0 Å². The highest BCUT2D eigenvalue weighted by molar-refractivity contribution is 8.59. The monoisotopic (exact) mass is 478 g/mol. The number of hydrogen-bond acceptors (Lipinski definition) is 8. The molecule has 0 aliphatic carbocycles. The van der Waals surface area contributed by atoms with Gasteiger partial charge in [-0.2, -0.15) is 0 Å². The van der Waals surface area contributed by atoms with E-state index in [0.29, 0.717) is 0 Å². The van der Waals surface area contributed by atoms with Crippen LogP contribution < -0.4 is 0 Å². The van der Waals surface area contributed by atoms with Crippen LogP contribution >= 0.6 is 71.3 Å². The van der Waals surface area contributed by atoms with Crippen molar-refractivity contribution < 1.29 is 9.47 Å². The second kappa shape index (κ2) is 30.9. The molecule has 0 unspecified atom stereocenters. The van der Waals surface area contributed by atoms with Crippen molar-refractivity contribution in [2.75, 3.05) is 24.7 Å². The van der Waals surface area contributed by atoms with Crippen molar-refractivity contribution in [3.8, 4) is 0 Å². The molecule has 0 aromatic rings. The van der Waals surface area contributed by atoms with Gasteiger partial charge in [0.1, 0.15) is 0 Å². The minimum absolute atomic E-state index is 0.719. The fourth-order valence-electron chi connectivity index (χ4n) is 1.28. The summed E-state index contributed by atoms with van der Waals surface area (Å²) in [5.74, 6) is 2.20. The average Bonchev–Trinajstić information content (AvgIpc) is 2.65. The predicted octanol–water partition coefficient (Wildman–Crippen LogP) is 8.00. The molecule has 0 saturated heterocycles. The molecule has 158 valence electrons. The molecule has 0 aromatic carbocycles. The van der Waals surface area contributed by atoms with Crippen LogP contribution in [0.25, 0.3) is 0 Å². The van der Waals surface area contributed by atoms with Gasteiger partial charge in [-0.15, -0.1) is 23.3 Å². The summed E-state index contributed by atoms with van der Waals surface area (Å²) >= 11 is 19.8. The van der Waals surface area contributed by atoms with Crippen molar-refractivity contribution >= 4 is 80.0 Å². The molecule has 26 heavy (non-hydrogen) atoms. The Balaban J connectivity index is -0.000000371. The molecular formula is C18H38O2S6.